The highest BCUT2D eigenvalue weighted by Gasteiger charge is 2.21. The van der Waals surface area contributed by atoms with E-state index in [9.17, 15) is 8.78 Å². The fourth-order valence-electron chi connectivity index (χ4n) is 2.81. The first kappa shape index (κ1) is 14.2. The molecule has 1 saturated carbocycles. The fraction of sp³-hybridized carbons (Fsp3) is 0.294. The standard InChI is InChI=1S/C17H18F2N2/c18-15-6-2-5-14(16(15)19)17(21-20)13-9-7-12(8-10-13)11-3-1-4-11/h2,5-11,17,21H,1,3-4,20H2. The van der Waals surface area contributed by atoms with Crippen LogP contribution in [0.2, 0.25) is 0 Å². The number of nitrogens with one attached hydrogen (secondary N) is 1. The second-order valence-electron chi connectivity index (χ2n) is 5.54. The molecule has 0 aliphatic heterocycles. The first-order valence-corrected chi connectivity index (χ1v) is 7.20. The van der Waals surface area contributed by atoms with Gasteiger partial charge in [0.1, 0.15) is 0 Å². The monoisotopic (exact) mass is 288 g/mol. The molecular formula is C17H18F2N2. The minimum atomic E-state index is -0.862. The number of hydrazine groups is 1. The molecule has 2 nitrogen and oxygen atoms in total. The molecule has 1 aliphatic carbocycles. The lowest BCUT2D eigenvalue weighted by molar-refractivity contribution is 0.419. The Kier molecular flexibility index (Phi) is 3.99. The van der Waals surface area contributed by atoms with Crippen LogP contribution >= 0.6 is 0 Å². The van der Waals surface area contributed by atoms with E-state index < -0.39 is 17.7 Å². The molecule has 0 radical (unpaired) electrons. The third-order valence-corrected chi connectivity index (χ3v) is 4.31. The SMILES string of the molecule is NNC(c1ccc(C2CCC2)cc1)c1cccc(F)c1F. The Morgan fingerprint density at radius 2 is 1.76 bits per heavy atom. The number of hydrogen-bond acceptors (Lipinski definition) is 2. The highest BCUT2D eigenvalue weighted by molar-refractivity contribution is 5.35. The Balaban J connectivity index is 1.90. The van der Waals surface area contributed by atoms with Gasteiger partial charge in [0.15, 0.2) is 11.6 Å². The lowest BCUT2D eigenvalue weighted by atomic mass is 9.79. The third kappa shape index (κ3) is 2.69. The van der Waals surface area contributed by atoms with Gasteiger partial charge in [-0.25, -0.2) is 14.2 Å². The minimum absolute atomic E-state index is 0.217. The van der Waals surface area contributed by atoms with Gasteiger partial charge in [0, 0.05) is 5.56 Å². The van der Waals surface area contributed by atoms with Crippen molar-refractivity contribution in [2.24, 2.45) is 5.84 Å². The van der Waals surface area contributed by atoms with Crippen molar-refractivity contribution >= 4 is 0 Å². The average molecular weight is 288 g/mol. The molecule has 3 N–H and O–H groups in total. The van der Waals surface area contributed by atoms with Crippen LogP contribution in [0.25, 0.3) is 0 Å². The van der Waals surface area contributed by atoms with Gasteiger partial charge >= 0.3 is 0 Å². The van der Waals surface area contributed by atoms with Crippen molar-refractivity contribution in [3.63, 3.8) is 0 Å². The molecule has 21 heavy (non-hydrogen) atoms. The van der Waals surface area contributed by atoms with E-state index in [0.29, 0.717) is 5.92 Å². The molecular weight excluding hydrogens is 270 g/mol. The highest BCUT2D eigenvalue weighted by atomic mass is 19.2. The summed E-state index contributed by atoms with van der Waals surface area (Å²) < 4.78 is 27.3. The first-order chi connectivity index (χ1) is 10.2. The van der Waals surface area contributed by atoms with E-state index in [4.69, 9.17) is 5.84 Å². The van der Waals surface area contributed by atoms with Gasteiger partial charge in [0.05, 0.1) is 6.04 Å². The van der Waals surface area contributed by atoms with Gasteiger partial charge < -0.3 is 0 Å². The maximum Gasteiger partial charge on any atom is 0.163 e. The molecule has 110 valence electrons. The first-order valence-electron chi connectivity index (χ1n) is 7.20. The summed E-state index contributed by atoms with van der Waals surface area (Å²) in [4.78, 5) is 0. The summed E-state index contributed by atoms with van der Waals surface area (Å²) >= 11 is 0. The number of hydrogen-bond donors (Lipinski definition) is 2. The van der Waals surface area contributed by atoms with Crippen LogP contribution in [0.15, 0.2) is 42.5 Å². The molecule has 0 bridgehead atoms. The molecule has 1 fully saturated rings. The molecule has 3 rings (SSSR count). The quantitative estimate of drug-likeness (QED) is 0.663. The topological polar surface area (TPSA) is 38.0 Å². The zero-order valence-electron chi connectivity index (χ0n) is 11.7. The summed E-state index contributed by atoms with van der Waals surface area (Å²) in [5.41, 5.74) is 4.92. The summed E-state index contributed by atoms with van der Waals surface area (Å²) in [5.74, 6) is 4.48. The lowest BCUT2D eigenvalue weighted by Crippen LogP contribution is -2.29. The summed E-state index contributed by atoms with van der Waals surface area (Å²) in [6, 6.07) is 11.6. The van der Waals surface area contributed by atoms with Gasteiger partial charge in [0.2, 0.25) is 0 Å². The predicted molar refractivity (Wildman–Crippen MR) is 78.6 cm³/mol. The Bertz CT molecular complexity index is 621. The van der Waals surface area contributed by atoms with E-state index in [1.807, 2.05) is 12.1 Å². The van der Waals surface area contributed by atoms with Crippen LogP contribution in [-0.4, -0.2) is 0 Å². The van der Waals surface area contributed by atoms with Crippen LogP contribution in [0.5, 0.6) is 0 Å². The fourth-order valence-corrected chi connectivity index (χ4v) is 2.81. The van der Waals surface area contributed by atoms with Gasteiger partial charge in [-0.05, 0) is 36.0 Å². The van der Waals surface area contributed by atoms with E-state index in [-0.39, 0.29) is 5.56 Å². The second-order valence-corrected chi connectivity index (χ2v) is 5.54. The molecule has 0 saturated heterocycles. The average Bonchev–Trinajstić information content (AvgIpc) is 2.44. The van der Waals surface area contributed by atoms with Crippen molar-refractivity contribution in [2.75, 3.05) is 0 Å². The van der Waals surface area contributed by atoms with Crippen LogP contribution in [0.3, 0.4) is 0 Å². The van der Waals surface area contributed by atoms with Crippen molar-refractivity contribution in [2.45, 2.75) is 31.2 Å². The largest absolute Gasteiger partial charge is 0.271 e. The molecule has 0 spiro atoms. The molecule has 0 aromatic heterocycles. The lowest BCUT2D eigenvalue weighted by Gasteiger charge is -2.26. The minimum Gasteiger partial charge on any atom is -0.271 e. The summed E-state index contributed by atoms with van der Waals surface area (Å²) in [6.45, 7) is 0. The number of rotatable bonds is 4. The molecule has 1 atom stereocenters. The highest BCUT2D eigenvalue weighted by Crippen LogP contribution is 2.37. The van der Waals surface area contributed by atoms with Gasteiger partial charge in [-0.15, -0.1) is 0 Å². The number of nitrogens with two attached hydrogens (primary N) is 1. The summed E-state index contributed by atoms with van der Waals surface area (Å²) in [7, 11) is 0. The Hall–Kier alpha value is -1.78. The van der Waals surface area contributed by atoms with Crippen molar-refractivity contribution in [1.29, 1.82) is 0 Å². The maximum atomic E-state index is 13.9. The van der Waals surface area contributed by atoms with E-state index in [2.05, 4.69) is 17.6 Å². The number of benzene rings is 2. The van der Waals surface area contributed by atoms with Gasteiger partial charge in [0.25, 0.3) is 0 Å². The van der Waals surface area contributed by atoms with Crippen molar-refractivity contribution < 1.29 is 8.78 Å². The van der Waals surface area contributed by atoms with Crippen molar-refractivity contribution in [1.82, 2.24) is 5.43 Å². The predicted octanol–water partition coefficient (Wildman–Crippen LogP) is 3.79. The van der Waals surface area contributed by atoms with Crippen LogP contribution in [0.1, 0.15) is 47.9 Å². The zero-order valence-corrected chi connectivity index (χ0v) is 11.7. The Labute approximate surface area is 122 Å². The van der Waals surface area contributed by atoms with Gasteiger partial charge in [-0.1, -0.05) is 42.8 Å². The van der Waals surface area contributed by atoms with Crippen molar-refractivity contribution in [3.05, 3.63) is 70.8 Å². The van der Waals surface area contributed by atoms with E-state index in [1.54, 1.807) is 6.07 Å². The van der Waals surface area contributed by atoms with E-state index >= 15 is 0 Å². The molecule has 4 heteroatoms. The number of halogens is 2. The Morgan fingerprint density at radius 1 is 1.05 bits per heavy atom. The zero-order chi connectivity index (χ0) is 14.8. The molecule has 0 amide bonds. The van der Waals surface area contributed by atoms with Crippen LogP contribution in [0, 0.1) is 11.6 Å². The van der Waals surface area contributed by atoms with Crippen molar-refractivity contribution in [3.8, 4) is 0 Å². The third-order valence-electron chi connectivity index (χ3n) is 4.31. The molecule has 2 aromatic rings. The Morgan fingerprint density at radius 3 is 2.33 bits per heavy atom. The van der Waals surface area contributed by atoms with Crippen LogP contribution in [0.4, 0.5) is 8.78 Å². The van der Waals surface area contributed by atoms with E-state index in [0.717, 1.165) is 11.6 Å². The smallest absolute Gasteiger partial charge is 0.163 e. The van der Waals surface area contributed by atoms with E-state index in [1.165, 1.54) is 30.9 Å². The van der Waals surface area contributed by atoms with Crippen LogP contribution < -0.4 is 11.3 Å². The maximum absolute atomic E-state index is 13.9. The summed E-state index contributed by atoms with van der Waals surface area (Å²) in [6.07, 6.45) is 3.75. The molecule has 0 heterocycles. The molecule has 2 aromatic carbocycles. The summed E-state index contributed by atoms with van der Waals surface area (Å²) in [5, 5.41) is 0. The van der Waals surface area contributed by atoms with Crippen LogP contribution in [-0.2, 0) is 0 Å². The second kappa shape index (κ2) is 5.92. The molecule has 1 aliphatic rings. The van der Waals surface area contributed by atoms with Gasteiger partial charge in [-0.3, -0.25) is 5.84 Å². The normalized spacial score (nSPS) is 16.5. The van der Waals surface area contributed by atoms with Gasteiger partial charge in [-0.2, -0.15) is 0 Å². The molecule has 1 unspecified atom stereocenters.